The Morgan fingerprint density at radius 1 is 1.00 bits per heavy atom. The van der Waals surface area contributed by atoms with Crippen molar-refractivity contribution in [3.63, 3.8) is 0 Å². The third kappa shape index (κ3) is 6.03. The van der Waals surface area contributed by atoms with Crippen LogP contribution in [-0.2, 0) is 11.4 Å². The summed E-state index contributed by atoms with van der Waals surface area (Å²) in [5.74, 6) is 1.89. The van der Waals surface area contributed by atoms with E-state index in [-0.39, 0.29) is 11.8 Å². The number of ether oxygens (including phenoxy) is 2. The average Bonchev–Trinajstić information content (AvgIpc) is 3.37. The van der Waals surface area contributed by atoms with E-state index in [1.165, 1.54) is 25.7 Å². The van der Waals surface area contributed by atoms with Crippen LogP contribution in [0.4, 0.5) is 0 Å². The van der Waals surface area contributed by atoms with E-state index in [1.54, 1.807) is 30.6 Å². The summed E-state index contributed by atoms with van der Waals surface area (Å²) in [6.45, 7) is 5.06. The Morgan fingerprint density at radius 3 is 2.45 bits per heavy atom. The molecule has 2 heterocycles. The molecule has 4 rings (SSSR count). The molecule has 0 N–H and O–H groups in total. The molecule has 33 heavy (non-hydrogen) atoms. The summed E-state index contributed by atoms with van der Waals surface area (Å²) < 4.78 is 11.7. The predicted octanol–water partition coefficient (Wildman–Crippen LogP) is 3.92. The summed E-state index contributed by atoms with van der Waals surface area (Å²) >= 11 is 0. The number of benzene rings is 1. The van der Waals surface area contributed by atoms with Crippen LogP contribution < -0.4 is 9.47 Å². The Bertz CT molecular complexity index is 936. The monoisotopic (exact) mass is 451 g/mol. The maximum atomic E-state index is 13.1. The average molecular weight is 452 g/mol. The third-order valence-electron chi connectivity index (χ3n) is 6.47. The van der Waals surface area contributed by atoms with Crippen molar-refractivity contribution in [2.24, 2.45) is 5.92 Å². The molecule has 7 nitrogen and oxygen atoms in total. The van der Waals surface area contributed by atoms with E-state index < -0.39 is 0 Å². The summed E-state index contributed by atoms with van der Waals surface area (Å²) in [4.78, 5) is 33.6. The first kappa shape index (κ1) is 23.1. The number of carbonyl (C=O) groups is 2. The smallest absolute Gasteiger partial charge is 0.254 e. The van der Waals surface area contributed by atoms with Crippen molar-refractivity contribution < 1.29 is 19.1 Å². The van der Waals surface area contributed by atoms with E-state index in [0.29, 0.717) is 68.8 Å². The highest BCUT2D eigenvalue weighted by atomic mass is 16.5. The van der Waals surface area contributed by atoms with E-state index in [1.807, 2.05) is 28.9 Å². The van der Waals surface area contributed by atoms with Crippen LogP contribution in [-0.4, -0.2) is 59.4 Å². The molecule has 1 saturated carbocycles. The third-order valence-corrected chi connectivity index (χ3v) is 6.47. The minimum Gasteiger partial charge on any atom is -0.490 e. The van der Waals surface area contributed by atoms with Crippen LogP contribution in [0.15, 0.2) is 42.7 Å². The van der Waals surface area contributed by atoms with Crippen LogP contribution in [0.2, 0.25) is 0 Å². The molecule has 2 fully saturated rings. The molecule has 1 aromatic heterocycles. The molecule has 0 bridgehead atoms. The van der Waals surface area contributed by atoms with E-state index in [2.05, 4.69) is 4.98 Å². The van der Waals surface area contributed by atoms with Crippen LogP contribution in [0.1, 0.15) is 54.9 Å². The number of pyridine rings is 1. The van der Waals surface area contributed by atoms with Gasteiger partial charge in [-0.05, 0) is 49.9 Å². The van der Waals surface area contributed by atoms with Gasteiger partial charge in [0.05, 0.1) is 6.61 Å². The molecule has 1 aliphatic heterocycles. The van der Waals surface area contributed by atoms with Crippen LogP contribution in [0, 0.1) is 5.92 Å². The number of piperazine rings is 1. The van der Waals surface area contributed by atoms with E-state index in [9.17, 15) is 9.59 Å². The number of nitrogens with zero attached hydrogens (tertiary/aromatic N) is 3. The Labute approximate surface area is 195 Å². The number of hydrogen-bond donors (Lipinski definition) is 0. The Morgan fingerprint density at radius 2 is 1.76 bits per heavy atom. The van der Waals surface area contributed by atoms with Crippen molar-refractivity contribution in [2.45, 2.75) is 45.6 Å². The quantitative estimate of drug-likeness (QED) is 0.608. The molecule has 1 aromatic carbocycles. The summed E-state index contributed by atoms with van der Waals surface area (Å²) in [6.07, 6.45) is 8.99. The van der Waals surface area contributed by atoms with E-state index in [0.717, 1.165) is 5.56 Å². The van der Waals surface area contributed by atoms with Gasteiger partial charge in [0.2, 0.25) is 5.91 Å². The highest BCUT2D eigenvalue weighted by molar-refractivity contribution is 5.95. The summed E-state index contributed by atoms with van der Waals surface area (Å²) in [6, 6.07) is 9.13. The number of amides is 2. The molecule has 1 aliphatic carbocycles. The molecule has 2 aromatic rings. The molecule has 7 heteroatoms. The maximum absolute atomic E-state index is 13.1. The van der Waals surface area contributed by atoms with Gasteiger partial charge in [-0.25, -0.2) is 0 Å². The molecule has 2 amide bonds. The zero-order valence-corrected chi connectivity index (χ0v) is 19.4. The van der Waals surface area contributed by atoms with Gasteiger partial charge in [0.15, 0.2) is 11.5 Å². The zero-order valence-electron chi connectivity index (χ0n) is 19.4. The summed E-state index contributed by atoms with van der Waals surface area (Å²) in [5.41, 5.74) is 1.53. The van der Waals surface area contributed by atoms with Crippen molar-refractivity contribution in [3.05, 3.63) is 53.9 Å². The lowest BCUT2D eigenvalue weighted by Gasteiger charge is -2.35. The minimum absolute atomic E-state index is 0.0438. The SMILES string of the molecule is CCOc1cc(C(=O)N2CCN(C(=O)CC3CCCC3)CC2)ccc1OCc1cccnc1. The topological polar surface area (TPSA) is 72.0 Å². The molecule has 0 radical (unpaired) electrons. The highest BCUT2D eigenvalue weighted by Crippen LogP contribution is 2.30. The Kier molecular flexibility index (Phi) is 7.81. The fraction of sp³-hybridized carbons (Fsp3) is 0.500. The van der Waals surface area contributed by atoms with Crippen molar-refractivity contribution in [2.75, 3.05) is 32.8 Å². The van der Waals surface area contributed by atoms with Crippen LogP contribution in [0.25, 0.3) is 0 Å². The number of rotatable bonds is 8. The van der Waals surface area contributed by atoms with Gasteiger partial charge >= 0.3 is 0 Å². The van der Waals surface area contributed by atoms with Gasteiger partial charge in [0, 0.05) is 56.1 Å². The second kappa shape index (κ2) is 11.2. The minimum atomic E-state index is -0.0438. The van der Waals surface area contributed by atoms with Gasteiger partial charge in [-0.1, -0.05) is 18.9 Å². The lowest BCUT2D eigenvalue weighted by molar-refractivity contribution is -0.133. The molecular weight excluding hydrogens is 418 g/mol. The van der Waals surface area contributed by atoms with Gasteiger partial charge in [-0.2, -0.15) is 0 Å². The fourth-order valence-electron chi connectivity index (χ4n) is 4.61. The first-order valence-electron chi connectivity index (χ1n) is 12.0. The maximum Gasteiger partial charge on any atom is 0.254 e. The first-order valence-corrected chi connectivity index (χ1v) is 12.0. The number of aromatic nitrogens is 1. The standard InChI is InChI=1S/C26H33N3O4/c1-2-32-24-17-22(9-10-23(24)33-19-21-8-5-11-27-18-21)26(31)29-14-12-28(13-15-29)25(30)16-20-6-3-4-7-20/h5,8-11,17-18,20H,2-4,6-7,12-16,19H2,1H3. The Hall–Kier alpha value is -3.09. The molecule has 2 aliphatic rings. The van der Waals surface area contributed by atoms with Crippen molar-refractivity contribution >= 4 is 11.8 Å². The lowest BCUT2D eigenvalue weighted by atomic mass is 10.0. The molecule has 0 spiro atoms. The fourth-order valence-corrected chi connectivity index (χ4v) is 4.61. The van der Waals surface area contributed by atoms with E-state index in [4.69, 9.17) is 9.47 Å². The van der Waals surface area contributed by atoms with Gasteiger partial charge in [-0.3, -0.25) is 14.6 Å². The zero-order chi connectivity index (χ0) is 23.0. The van der Waals surface area contributed by atoms with Gasteiger partial charge in [-0.15, -0.1) is 0 Å². The first-order chi connectivity index (χ1) is 16.1. The Balaban J connectivity index is 1.34. The van der Waals surface area contributed by atoms with Gasteiger partial charge in [0.25, 0.3) is 5.91 Å². The number of carbonyl (C=O) groups excluding carboxylic acids is 2. The van der Waals surface area contributed by atoms with Gasteiger partial charge in [0.1, 0.15) is 6.61 Å². The normalized spacial score (nSPS) is 16.6. The second-order valence-corrected chi connectivity index (χ2v) is 8.77. The van der Waals surface area contributed by atoms with Crippen LogP contribution in [0.3, 0.4) is 0 Å². The van der Waals surface area contributed by atoms with Crippen molar-refractivity contribution in [3.8, 4) is 11.5 Å². The molecule has 0 atom stereocenters. The highest BCUT2D eigenvalue weighted by Gasteiger charge is 2.27. The largest absolute Gasteiger partial charge is 0.490 e. The van der Waals surface area contributed by atoms with E-state index >= 15 is 0 Å². The lowest BCUT2D eigenvalue weighted by Crippen LogP contribution is -2.50. The second-order valence-electron chi connectivity index (χ2n) is 8.77. The molecule has 0 unspecified atom stereocenters. The summed E-state index contributed by atoms with van der Waals surface area (Å²) in [7, 11) is 0. The molecule has 1 saturated heterocycles. The van der Waals surface area contributed by atoms with Crippen LogP contribution in [0.5, 0.6) is 11.5 Å². The predicted molar refractivity (Wildman–Crippen MR) is 125 cm³/mol. The summed E-state index contributed by atoms with van der Waals surface area (Å²) in [5, 5.41) is 0. The van der Waals surface area contributed by atoms with Gasteiger partial charge < -0.3 is 19.3 Å². The number of hydrogen-bond acceptors (Lipinski definition) is 5. The van der Waals surface area contributed by atoms with Crippen molar-refractivity contribution in [1.82, 2.24) is 14.8 Å². The van der Waals surface area contributed by atoms with Crippen molar-refractivity contribution in [1.29, 1.82) is 0 Å². The molecular formula is C26H33N3O4. The van der Waals surface area contributed by atoms with Crippen LogP contribution >= 0.6 is 0 Å². The molecule has 176 valence electrons.